The molecule has 0 aromatic rings. The van der Waals surface area contributed by atoms with Crippen molar-refractivity contribution in [2.24, 2.45) is 0 Å². The van der Waals surface area contributed by atoms with Gasteiger partial charge in [-0.3, -0.25) is 9.05 Å². The summed E-state index contributed by atoms with van der Waals surface area (Å²) in [6, 6.07) is 0. The van der Waals surface area contributed by atoms with Gasteiger partial charge in [0.15, 0.2) is 0 Å². The maximum Gasteiger partial charge on any atom is 0.469 e. The van der Waals surface area contributed by atoms with E-state index in [1.807, 2.05) is 0 Å². The molecule has 12 heteroatoms. The largest absolute Gasteiger partial charge is 0.469 e. The topological polar surface area (TPSA) is 171 Å². The average Bonchev–Trinajstić information content (AvgIpc) is 2.10. The Bertz CT molecular complexity index is 330. The number of hydrogen-bond donors (Lipinski definition) is 5. The predicted octanol–water partition coefficient (Wildman–Crippen LogP) is -1.48. The number of aldehydes is 1. The van der Waals surface area contributed by atoms with Crippen LogP contribution in [0, 0.1) is 0 Å². The number of aliphatic hydroxyl groups excluding tert-OH is 1. The number of phosphoric ester groups is 2. The maximum absolute atomic E-state index is 10.5. The summed E-state index contributed by atoms with van der Waals surface area (Å²) in [5, 5.41) is 9.27. The summed E-state index contributed by atoms with van der Waals surface area (Å²) in [6.45, 7) is -0.942. The van der Waals surface area contributed by atoms with Crippen molar-refractivity contribution in [3.8, 4) is 0 Å². The van der Waals surface area contributed by atoms with Crippen LogP contribution in [-0.2, 0) is 23.0 Å². The molecule has 0 aliphatic rings. The molecule has 5 N–H and O–H groups in total. The molecule has 0 rings (SSSR count). The molecule has 0 aromatic carbocycles. The maximum atomic E-state index is 10.5. The van der Waals surface area contributed by atoms with Crippen molar-refractivity contribution in [1.82, 2.24) is 0 Å². The summed E-state index contributed by atoms with van der Waals surface area (Å²) in [4.78, 5) is 43.7. The van der Waals surface area contributed by atoms with Crippen LogP contribution in [0.25, 0.3) is 0 Å². The molecule has 0 fully saturated rings. The molecule has 0 heterocycles. The number of hydrogen-bond acceptors (Lipinski definition) is 6. The van der Waals surface area contributed by atoms with Gasteiger partial charge in [-0.25, -0.2) is 9.13 Å². The molecule has 0 spiro atoms. The highest BCUT2D eigenvalue weighted by Gasteiger charge is 2.30. The van der Waals surface area contributed by atoms with Crippen LogP contribution in [0.4, 0.5) is 0 Å². The van der Waals surface area contributed by atoms with Crippen molar-refractivity contribution in [2.75, 3.05) is 6.61 Å². The summed E-state index contributed by atoms with van der Waals surface area (Å²) in [5.74, 6) is 0. The Labute approximate surface area is 95.7 Å². The van der Waals surface area contributed by atoms with E-state index in [2.05, 4.69) is 9.05 Å². The van der Waals surface area contributed by atoms with E-state index in [0.717, 1.165) is 0 Å². The number of aliphatic hydroxyl groups is 1. The Balaban J connectivity index is 4.44. The Morgan fingerprint density at radius 2 is 1.65 bits per heavy atom. The Kier molecular flexibility index (Phi) is 6.64. The van der Waals surface area contributed by atoms with E-state index in [0.29, 0.717) is 0 Å². The summed E-state index contributed by atoms with van der Waals surface area (Å²) >= 11 is 0. The molecule has 0 bridgehead atoms. The van der Waals surface area contributed by atoms with Crippen LogP contribution in [-0.4, -0.2) is 49.8 Å². The smallest absolute Gasteiger partial charge is 0.388 e. The third kappa shape index (κ3) is 9.54. The molecule has 0 aromatic heterocycles. The zero-order valence-electron chi connectivity index (χ0n) is 8.32. The highest BCUT2D eigenvalue weighted by atomic mass is 31.2. The lowest BCUT2D eigenvalue weighted by molar-refractivity contribution is -0.111. The summed E-state index contributed by atoms with van der Waals surface area (Å²) in [5.41, 5.74) is 0. The van der Waals surface area contributed by atoms with Crippen molar-refractivity contribution in [3.63, 3.8) is 0 Å². The molecule has 17 heavy (non-hydrogen) atoms. The number of carbonyl (C=O) groups is 1. The quantitative estimate of drug-likeness (QED) is 0.262. The van der Waals surface area contributed by atoms with Gasteiger partial charge in [0.2, 0.25) is 0 Å². The SMILES string of the molecule is O=CC[C@H](OP(=O)(O)O)[C@H](O)COP(=O)(O)O. The van der Waals surface area contributed by atoms with E-state index in [1.165, 1.54) is 0 Å². The molecule has 102 valence electrons. The first kappa shape index (κ1) is 16.9. The van der Waals surface area contributed by atoms with Crippen molar-refractivity contribution in [2.45, 2.75) is 18.6 Å². The van der Waals surface area contributed by atoms with Gasteiger partial charge in [-0.05, 0) is 0 Å². The van der Waals surface area contributed by atoms with Crippen LogP contribution in [0.1, 0.15) is 6.42 Å². The molecule has 0 aliphatic heterocycles. The monoisotopic (exact) mass is 294 g/mol. The molecule has 0 saturated heterocycles. The highest BCUT2D eigenvalue weighted by molar-refractivity contribution is 7.46. The minimum absolute atomic E-state index is 0.223. The van der Waals surface area contributed by atoms with Crippen LogP contribution < -0.4 is 0 Å². The average molecular weight is 294 g/mol. The molecule has 0 saturated carbocycles. The third-order valence-electron chi connectivity index (χ3n) is 1.44. The Morgan fingerprint density at radius 3 is 2.00 bits per heavy atom. The van der Waals surface area contributed by atoms with E-state index < -0.39 is 40.9 Å². The molecule has 2 atom stereocenters. The number of phosphoric acid groups is 2. The normalized spacial score (nSPS) is 16.5. The van der Waals surface area contributed by atoms with E-state index in [9.17, 15) is 19.0 Å². The second kappa shape index (κ2) is 6.69. The molecule has 0 amide bonds. The highest BCUT2D eigenvalue weighted by Crippen LogP contribution is 2.40. The summed E-state index contributed by atoms with van der Waals surface area (Å²) < 4.78 is 28.7. The van der Waals surface area contributed by atoms with Crippen LogP contribution in [0.5, 0.6) is 0 Å². The van der Waals surface area contributed by atoms with Gasteiger partial charge in [0, 0.05) is 6.42 Å². The molecular weight excluding hydrogens is 282 g/mol. The third-order valence-corrected chi connectivity index (χ3v) is 2.47. The molecule has 0 aliphatic carbocycles. The number of carbonyl (C=O) groups excluding carboxylic acids is 1. The Hall–Kier alpha value is -0.150. The minimum Gasteiger partial charge on any atom is -0.388 e. The second-order valence-electron chi connectivity index (χ2n) is 2.89. The van der Waals surface area contributed by atoms with Crippen molar-refractivity contribution >= 4 is 21.9 Å². The van der Waals surface area contributed by atoms with Crippen LogP contribution in [0.3, 0.4) is 0 Å². The molecule has 10 nitrogen and oxygen atoms in total. The molecule has 0 unspecified atom stereocenters. The lowest BCUT2D eigenvalue weighted by Gasteiger charge is -2.21. The van der Waals surface area contributed by atoms with Crippen LogP contribution in [0.15, 0.2) is 0 Å². The predicted molar refractivity (Wildman–Crippen MR) is 51.6 cm³/mol. The van der Waals surface area contributed by atoms with Gasteiger partial charge >= 0.3 is 15.6 Å². The first-order valence-corrected chi connectivity index (χ1v) is 7.17. The fourth-order valence-electron chi connectivity index (χ4n) is 0.822. The van der Waals surface area contributed by atoms with Crippen LogP contribution in [0.2, 0.25) is 0 Å². The lowest BCUT2D eigenvalue weighted by atomic mass is 10.2. The van der Waals surface area contributed by atoms with Gasteiger partial charge in [-0.1, -0.05) is 0 Å². The van der Waals surface area contributed by atoms with Gasteiger partial charge < -0.3 is 29.5 Å². The van der Waals surface area contributed by atoms with E-state index in [4.69, 9.17) is 19.6 Å². The minimum atomic E-state index is -4.94. The fourth-order valence-corrected chi connectivity index (χ4v) is 1.75. The zero-order valence-corrected chi connectivity index (χ0v) is 10.1. The van der Waals surface area contributed by atoms with Gasteiger partial charge in [0.1, 0.15) is 18.5 Å². The lowest BCUT2D eigenvalue weighted by Crippen LogP contribution is -2.32. The van der Waals surface area contributed by atoms with Gasteiger partial charge in [0.25, 0.3) is 0 Å². The standard InChI is InChI=1S/C5H12O10P2/c6-2-1-5(15-17(11,12)13)4(7)3-14-16(8,9)10/h2,4-5,7H,1,3H2,(H2,8,9,10)(H2,11,12,13)/t4-,5+/m1/s1. The van der Waals surface area contributed by atoms with E-state index in [1.54, 1.807) is 0 Å². The van der Waals surface area contributed by atoms with Crippen molar-refractivity contribution in [1.29, 1.82) is 0 Å². The summed E-state index contributed by atoms with van der Waals surface area (Å²) in [6.07, 6.45) is -3.75. The second-order valence-corrected chi connectivity index (χ2v) is 5.32. The van der Waals surface area contributed by atoms with Crippen LogP contribution >= 0.6 is 15.6 Å². The van der Waals surface area contributed by atoms with Crippen molar-refractivity contribution < 1.29 is 47.7 Å². The van der Waals surface area contributed by atoms with Gasteiger partial charge in [-0.15, -0.1) is 0 Å². The first-order chi connectivity index (χ1) is 7.55. The summed E-state index contributed by atoms with van der Waals surface area (Å²) in [7, 11) is -9.77. The molecular formula is C5H12O10P2. The first-order valence-electron chi connectivity index (χ1n) is 4.11. The fraction of sp³-hybridized carbons (Fsp3) is 0.800. The van der Waals surface area contributed by atoms with E-state index >= 15 is 0 Å². The molecule has 0 radical (unpaired) electrons. The van der Waals surface area contributed by atoms with Crippen molar-refractivity contribution in [3.05, 3.63) is 0 Å². The Morgan fingerprint density at radius 1 is 1.12 bits per heavy atom. The van der Waals surface area contributed by atoms with Gasteiger partial charge in [-0.2, -0.15) is 0 Å². The zero-order chi connectivity index (χ0) is 13.7. The van der Waals surface area contributed by atoms with E-state index in [-0.39, 0.29) is 6.29 Å². The van der Waals surface area contributed by atoms with Gasteiger partial charge in [0.05, 0.1) is 6.61 Å². The number of rotatable bonds is 8.